The second-order valence-electron chi connectivity index (χ2n) is 6.24. The van der Waals surface area contributed by atoms with E-state index in [9.17, 15) is 0 Å². The van der Waals surface area contributed by atoms with Crippen molar-refractivity contribution in [3.05, 3.63) is 29.8 Å². The summed E-state index contributed by atoms with van der Waals surface area (Å²) < 4.78 is 5.57. The molecule has 4 heteroatoms. The summed E-state index contributed by atoms with van der Waals surface area (Å²) in [7, 11) is 0. The van der Waals surface area contributed by atoms with Gasteiger partial charge in [-0.2, -0.15) is 0 Å². The lowest BCUT2D eigenvalue weighted by molar-refractivity contribution is -0.0509. The normalized spacial score (nSPS) is 30.4. The summed E-state index contributed by atoms with van der Waals surface area (Å²) in [6, 6.07) is 8.86. The van der Waals surface area contributed by atoms with Crippen LogP contribution in [-0.4, -0.2) is 50.1 Å². The molecule has 3 heterocycles. The number of benzene rings is 1. The summed E-state index contributed by atoms with van der Waals surface area (Å²) in [5, 5.41) is 5.16. The molecule has 1 aromatic carbocycles. The van der Waals surface area contributed by atoms with Crippen molar-refractivity contribution in [1.82, 2.24) is 10.2 Å². The fourth-order valence-electron chi connectivity index (χ4n) is 4.09. The number of morpholine rings is 1. The molecule has 0 bridgehead atoms. The van der Waals surface area contributed by atoms with Gasteiger partial charge in [-0.3, -0.25) is 4.90 Å². The summed E-state index contributed by atoms with van der Waals surface area (Å²) in [6.07, 6.45) is 4.82. The Balaban J connectivity index is 1.69. The molecule has 0 aromatic heterocycles. The van der Waals surface area contributed by atoms with Gasteiger partial charge in [0.05, 0.1) is 13.2 Å². The number of piperidine rings is 1. The Kier molecular flexibility index (Phi) is 3.61. The van der Waals surface area contributed by atoms with Gasteiger partial charge in [-0.25, -0.2) is 5.32 Å². The van der Waals surface area contributed by atoms with Crippen LogP contribution in [0.25, 0.3) is 0 Å². The zero-order chi connectivity index (χ0) is 14.1. The second-order valence-corrected chi connectivity index (χ2v) is 6.24. The Hall–Kier alpha value is -1.10. The van der Waals surface area contributed by atoms with E-state index in [2.05, 4.69) is 34.1 Å². The van der Waals surface area contributed by atoms with E-state index in [4.69, 9.17) is 10.1 Å². The number of hydrogen-bond acceptors (Lipinski definition) is 3. The van der Waals surface area contributed by atoms with Gasteiger partial charge >= 0.3 is 0 Å². The molecule has 4 nitrogen and oxygen atoms in total. The van der Waals surface area contributed by atoms with E-state index in [0.29, 0.717) is 0 Å². The minimum absolute atomic E-state index is 0.116. The van der Waals surface area contributed by atoms with E-state index < -0.39 is 0 Å². The maximum atomic E-state index is 5.57. The predicted octanol–water partition coefficient (Wildman–Crippen LogP) is 1.82. The Morgan fingerprint density at radius 2 is 1.90 bits per heavy atom. The van der Waals surface area contributed by atoms with E-state index in [1.54, 1.807) is 0 Å². The summed E-state index contributed by atoms with van der Waals surface area (Å²) in [4.78, 5) is 5.14. The highest BCUT2D eigenvalue weighted by atomic mass is 16.5. The van der Waals surface area contributed by atoms with Crippen LogP contribution in [-0.2, 0) is 11.2 Å². The van der Waals surface area contributed by atoms with Crippen molar-refractivity contribution in [1.29, 1.82) is 0 Å². The second kappa shape index (κ2) is 5.59. The molecule has 0 amide bonds. The fraction of sp³-hybridized carbons (Fsp3) is 0.647. The van der Waals surface area contributed by atoms with Gasteiger partial charge in [-0.1, -0.05) is 18.2 Å². The molecule has 3 aliphatic rings. The minimum atomic E-state index is -0.116. The van der Waals surface area contributed by atoms with Gasteiger partial charge in [0.2, 0.25) is 0 Å². The number of fused-ring (bicyclic) bond motifs is 1. The molecular formula is C17H24N3O. The SMILES string of the molecule is c1ccc2c(c1)CCN2C1(N2CCOCC2)CCCC[N]1. The minimum Gasteiger partial charge on any atom is -0.379 e. The largest absolute Gasteiger partial charge is 0.379 e. The lowest BCUT2D eigenvalue weighted by Crippen LogP contribution is -2.69. The molecule has 4 rings (SSSR count). The van der Waals surface area contributed by atoms with E-state index in [0.717, 1.165) is 52.2 Å². The van der Waals surface area contributed by atoms with Crippen molar-refractivity contribution < 1.29 is 4.74 Å². The van der Waals surface area contributed by atoms with Crippen molar-refractivity contribution in [2.75, 3.05) is 44.3 Å². The molecule has 2 saturated heterocycles. The van der Waals surface area contributed by atoms with Crippen LogP contribution in [0.4, 0.5) is 5.69 Å². The molecule has 1 unspecified atom stereocenters. The first kappa shape index (κ1) is 13.6. The standard InChI is InChI=1S/C17H24N3O/c1-2-6-16-15(5-1)7-10-20(16)17(8-3-4-9-18-17)19-11-13-21-14-12-19/h1-2,5-6H,3-4,7-14H2. The van der Waals surface area contributed by atoms with Gasteiger partial charge in [0, 0.05) is 31.9 Å². The first-order chi connectivity index (χ1) is 10.4. The number of ether oxygens (including phenoxy) is 1. The number of nitrogens with zero attached hydrogens (tertiary/aromatic N) is 3. The Morgan fingerprint density at radius 3 is 2.71 bits per heavy atom. The van der Waals surface area contributed by atoms with Crippen LogP contribution < -0.4 is 10.2 Å². The van der Waals surface area contributed by atoms with Gasteiger partial charge in [-0.05, 0) is 37.3 Å². The molecule has 0 spiro atoms. The highest BCUT2D eigenvalue weighted by Crippen LogP contribution is 2.39. The van der Waals surface area contributed by atoms with Crippen LogP contribution in [0.3, 0.4) is 0 Å². The Labute approximate surface area is 127 Å². The number of rotatable bonds is 2. The highest BCUT2D eigenvalue weighted by Gasteiger charge is 2.46. The van der Waals surface area contributed by atoms with Gasteiger partial charge in [0.25, 0.3) is 0 Å². The van der Waals surface area contributed by atoms with Crippen LogP contribution in [0.5, 0.6) is 0 Å². The average Bonchev–Trinajstić information content (AvgIpc) is 3.01. The zero-order valence-corrected chi connectivity index (χ0v) is 12.6. The lowest BCUT2D eigenvalue weighted by Gasteiger charge is -2.53. The first-order valence-corrected chi connectivity index (χ1v) is 8.27. The van der Waals surface area contributed by atoms with Gasteiger partial charge in [0.15, 0.2) is 5.79 Å². The number of para-hydroxylation sites is 1. The molecule has 0 aliphatic carbocycles. The molecule has 1 atom stereocenters. The van der Waals surface area contributed by atoms with Crippen LogP contribution in [0.2, 0.25) is 0 Å². The van der Waals surface area contributed by atoms with Gasteiger partial charge in [0.1, 0.15) is 0 Å². The zero-order valence-electron chi connectivity index (χ0n) is 12.6. The third-order valence-corrected chi connectivity index (χ3v) is 5.12. The Bertz CT molecular complexity index is 493. The molecule has 0 saturated carbocycles. The molecule has 3 aliphatic heterocycles. The number of hydrogen-bond donors (Lipinski definition) is 0. The van der Waals surface area contributed by atoms with Crippen molar-refractivity contribution >= 4 is 5.69 Å². The molecule has 1 radical (unpaired) electrons. The summed E-state index contributed by atoms with van der Waals surface area (Å²) in [6.45, 7) is 5.78. The maximum absolute atomic E-state index is 5.57. The molecule has 0 N–H and O–H groups in total. The molecule has 1 aromatic rings. The van der Waals surface area contributed by atoms with Crippen molar-refractivity contribution in [2.45, 2.75) is 31.5 Å². The maximum Gasteiger partial charge on any atom is 0.164 e. The van der Waals surface area contributed by atoms with Gasteiger partial charge < -0.3 is 9.64 Å². The third kappa shape index (κ3) is 2.26. The molecule has 2 fully saturated rings. The van der Waals surface area contributed by atoms with Crippen LogP contribution >= 0.6 is 0 Å². The number of anilines is 1. The molecule has 113 valence electrons. The van der Waals surface area contributed by atoms with Crippen molar-refractivity contribution in [3.8, 4) is 0 Å². The van der Waals surface area contributed by atoms with E-state index in [1.165, 1.54) is 24.1 Å². The van der Waals surface area contributed by atoms with Gasteiger partial charge in [-0.15, -0.1) is 0 Å². The molecular weight excluding hydrogens is 262 g/mol. The van der Waals surface area contributed by atoms with Crippen molar-refractivity contribution in [2.24, 2.45) is 0 Å². The third-order valence-electron chi connectivity index (χ3n) is 5.12. The van der Waals surface area contributed by atoms with E-state index in [-0.39, 0.29) is 5.79 Å². The average molecular weight is 286 g/mol. The fourth-order valence-corrected chi connectivity index (χ4v) is 4.09. The monoisotopic (exact) mass is 286 g/mol. The molecule has 21 heavy (non-hydrogen) atoms. The topological polar surface area (TPSA) is 29.8 Å². The van der Waals surface area contributed by atoms with Crippen LogP contribution in [0.1, 0.15) is 24.8 Å². The first-order valence-electron chi connectivity index (χ1n) is 8.27. The van der Waals surface area contributed by atoms with Crippen molar-refractivity contribution in [3.63, 3.8) is 0 Å². The summed E-state index contributed by atoms with van der Waals surface area (Å²) in [5.41, 5.74) is 2.88. The predicted molar refractivity (Wildman–Crippen MR) is 83.5 cm³/mol. The summed E-state index contributed by atoms with van der Waals surface area (Å²) >= 11 is 0. The lowest BCUT2D eigenvalue weighted by atomic mass is 10.0. The van der Waals surface area contributed by atoms with E-state index in [1.807, 2.05) is 0 Å². The van der Waals surface area contributed by atoms with Crippen LogP contribution in [0, 0.1) is 0 Å². The van der Waals surface area contributed by atoms with E-state index >= 15 is 0 Å². The highest BCUT2D eigenvalue weighted by molar-refractivity contribution is 5.59. The Morgan fingerprint density at radius 1 is 1.05 bits per heavy atom. The van der Waals surface area contributed by atoms with Crippen LogP contribution in [0.15, 0.2) is 24.3 Å². The quantitative estimate of drug-likeness (QED) is 0.831. The summed E-state index contributed by atoms with van der Waals surface area (Å²) in [5.74, 6) is -0.116. The smallest absolute Gasteiger partial charge is 0.164 e.